The Labute approximate surface area is 85.8 Å². The highest BCUT2D eigenvalue weighted by molar-refractivity contribution is 5.72. The van der Waals surface area contributed by atoms with Crippen molar-refractivity contribution in [2.75, 3.05) is 7.11 Å². The number of unbranched alkanes of at least 4 members (excludes halogenated alkanes) is 1. The molecule has 0 radical (unpaired) electrons. The molecule has 2 atom stereocenters. The zero-order chi connectivity index (χ0) is 11.0. The zero-order valence-corrected chi connectivity index (χ0v) is 9.29. The van der Waals surface area contributed by atoms with Crippen LogP contribution in [0.4, 0.5) is 0 Å². The first-order valence-electron chi connectivity index (χ1n) is 5.18. The number of aldehydes is 1. The molecule has 0 aromatic carbocycles. The molecule has 0 fully saturated rings. The van der Waals surface area contributed by atoms with Crippen LogP contribution < -0.4 is 0 Å². The number of hydrogen-bond donors (Lipinski definition) is 0. The molecule has 0 aromatic heterocycles. The summed E-state index contributed by atoms with van der Waals surface area (Å²) in [5.74, 6) is -0.246. The van der Waals surface area contributed by atoms with Crippen molar-refractivity contribution in [2.45, 2.75) is 39.5 Å². The van der Waals surface area contributed by atoms with Crippen LogP contribution in [-0.2, 0) is 14.3 Å². The van der Waals surface area contributed by atoms with Crippen LogP contribution >= 0.6 is 0 Å². The number of carbonyl (C=O) groups is 2. The van der Waals surface area contributed by atoms with E-state index in [-0.39, 0.29) is 17.8 Å². The second kappa shape index (κ2) is 7.54. The van der Waals surface area contributed by atoms with E-state index in [0.717, 1.165) is 25.5 Å². The lowest BCUT2D eigenvalue weighted by Gasteiger charge is -2.19. The lowest BCUT2D eigenvalue weighted by molar-refractivity contribution is -0.146. The Kier molecular flexibility index (Phi) is 7.07. The number of rotatable bonds is 7. The maximum atomic E-state index is 11.3. The SMILES string of the molecule is CCCC[C@H](CC=O)[C@H](C)C(=O)OC. The fourth-order valence-electron chi connectivity index (χ4n) is 1.54. The molecule has 0 bridgehead atoms. The minimum atomic E-state index is -0.215. The van der Waals surface area contributed by atoms with Crippen molar-refractivity contribution in [1.29, 1.82) is 0 Å². The van der Waals surface area contributed by atoms with Crippen molar-refractivity contribution in [3.63, 3.8) is 0 Å². The summed E-state index contributed by atoms with van der Waals surface area (Å²) in [5, 5.41) is 0. The summed E-state index contributed by atoms with van der Waals surface area (Å²) in [6.07, 6.45) is 4.41. The van der Waals surface area contributed by atoms with Crippen molar-refractivity contribution in [1.82, 2.24) is 0 Å². The van der Waals surface area contributed by atoms with Crippen LogP contribution in [0.2, 0.25) is 0 Å². The summed E-state index contributed by atoms with van der Waals surface area (Å²) >= 11 is 0. The summed E-state index contributed by atoms with van der Waals surface area (Å²) in [4.78, 5) is 21.7. The van der Waals surface area contributed by atoms with Crippen molar-refractivity contribution in [3.05, 3.63) is 0 Å². The van der Waals surface area contributed by atoms with Gasteiger partial charge in [0.1, 0.15) is 6.29 Å². The van der Waals surface area contributed by atoms with Crippen molar-refractivity contribution in [2.24, 2.45) is 11.8 Å². The van der Waals surface area contributed by atoms with Gasteiger partial charge >= 0.3 is 5.97 Å². The number of hydrogen-bond acceptors (Lipinski definition) is 3. The highest BCUT2D eigenvalue weighted by atomic mass is 16.5. The highest BCUT2D eigenvalue weighted by Gasteiger charge is 2.23. The van der Waals surface area contributed by atoms with E-state index in [9.17, 15) is 9.59 Å². The largest absolute Gasteiger partial charge is 0.469 e. The van der Waals surface area contributed by atoms with Crippen LogP contribution in [-0.4, -0.2) is 19.4 Å². The second-order valence-electron chi connectivity index (χ2n) is 3.62. The Morgan fingerprint density at radius 3 is 2.57 bits per heavy atom. The molecule has 14 heavy (non-hydrogen) atoms. The van der Waals surface area contributed by atoms with Gasteiger partial charge in [0.2, 0.25) is 0 Å². The Bertz CT molecular complexity index is 177. The van der Waals surface area contributed by atoms with Gasteiger partial charge in [-0.25, -0.2) is 0 Å². The van der Waals surface area contributed by atoms with Gasteiger partial charge in [-0.05, 0) is 12.3 Å². The third-order valence-electron chi connectivity index (χ3n) is 2.61. The monoisotopic (exact) mass is 200 g/mol. The number of methoxy groups -OCH3 is 1. The van der Waals surface area contributed by atoms with E-state index in [1.165, 1.54) is 7.11 Å². The van der Waals surface area contributed by atoms with Crippen LogP contribution in [0, 0.1) is 11.8 Å². The normalized spacial score (nSPS) is 14.5. The molecule has 0 N–H and O–H groups in total. The molecule has 0 aliphatic carbocycles. The van der Waals surface area contributed by atoms with E-state index in [1.54, 1.807) is 0 Å². The maximum absolute atomic E-state index is 11.3. The van der Waals surface area contributed by atoms with Crippen molar-refractivity contribution >= 4 is 12.3 Å². The Morgan fingerprint density at radius 2 is 2.14 bits per heavy atom. The molecule has 0 heterocycles. The standard InChI is InChI=1S/C11H20O3/c1-4-5-6-10(7-8-12)9(2)11(13)14-3/h8-10H,4-7H2,1-3H3/t9-,10+/m0/s1. The third kappa shape index (κ3) is 4.40. The highest BCUT2D eigenvalue weighted by Crippen LogP contribution is 2.22. The van der Waals surface area contributed by atoms with Crippen molar-refractivity contribution < 1.29 is 14.3 Å². The minimum absolute atomic E-state index is 0.139. The first kappa shape index (κ1) is 13.1. The molecule has 0 saturated carbocycles. The predicted octanol–water partition coefficient (Wildman–Crippen LogP) is 2.19. The number of carbonyl (C=O) groups excluding carboxylic acids is 2. The molecule has 0 unspecified atom stereocenters. The average molecular weight is 200 g/mol. The smallest absolute Gasteiger partial charge is 0.308 e. The molecule has 0 aliphatic heterocycles. The summed E-state index contributed by atoms with van der Waals surface area (Å²) in [6, 6.07) is 0. The molecule has 0 aliphatic rings. The summed E-state index contributed by atoms with van der Waals surface area (Å²) in [7, 11) is 1.39. The first-order valence-corrected chi connectivity index (χ1v) is 5.18. The molecule has 0 amide bonds. The summed E-state index contributed by atoms with van der Waals surface area (Å²) < 4.78 is 4.66. The fraction of sp³-hybridized carbons (Fsp3) is 0.818. The van der Waals surface area contributed by atoms with Gasteiger partial charge in [-0.3, -0.25) is 4.79 Å². The van der Waals surface area contributed by atoms with Gasteiger partial charge in [-0.2, -0.15) is 0 Å². The van der Waals surface area contributed by atoms with Gasteiger partial charge in [0.25, 0.3) is 0 Å². The van der Waals surface area contributed by atoms with Gasteiger partial charge in [0, 0.05) is 6.42 Å². The van der Waals surface area contributed by atoms with Crippen LogP contribution in [0.1, 0.15) is 39.5 Å². The Balaban J connectivity index is 4.15. The quantitative estimate of drug-likeness (QED) is 0.467. The molecule has 82 valence electrons. The summed E-state index contributed by atoms with van der Waals surface area (Å²) in [6.45, 7) is 3.93. The lowest BCUT2D eigenvalue weighted by atomic mass is 9.87. The minimum Gasteiger partial charge on any atom is -0.469 e. The molecule has 0 saturated heterocycles. The molecular weight excluding hydrogens is 180 g/mol. The Hall–Kier alpha value is -0.860. The van der Waals surface area contributed by atoms with Gasteiger partial charge in [-0.15, -0.1) is 0 Å². The van der Waals surface area contributed by atoms with E-state index in [2.05, 4.69) is 11.7 Å². The predicted molar refractivity (Wildman–Crippen MR) is 54.9 cm³/mol. The molecule has 0 rings (SSSR count). The fourth-order valence-corrected chi connectivity index (χ4v) is 1.54. The topological polar surface area (TPSA) is 43.4 Å². The van der Waals surface area contributed by atoms with E-state index < -0.39 is 0 Å². The van der Waals surface area contributed by atoms with Crippen LogP contribution in [0.5, 0.6) is 0 Å². The molecular formula is C11H20O3. The summed E-state index contributed by atoms with van der Waals surface area (Å²) in [5.41, 5.74) is 0. The van der Waals surface area contributed by atoms with Crippen LogP contribution in [0.3, 0.4) is 0 Å². The first-order chi connectivity index (χ1) is 6.67. The number of ether oxygens (including phenoxy) is 1. The number of esters is 1. The van der Waals surface area contributed by atoms with E-state index in [0.29, 0.717) is 6.42 Å². The molecule has 3 nitrogen and oxygen atoms in total. The molecule has 0 aromatic rings. The van der Waals surface area contributed by atoms with Crippen LogP contribution in [0.15, 0.2) is 0 Å². The second-order valence-corrected chi connectivity index (χ2v) is 3.62. The average Bonchev–Trinajstić information content (AvgIpc) is 2.22. The van der Waals surface area contributed by atoms with Gasteiger partial charge in [-0.1, -0.05) is 26.7 Å². The van der Waals surface area contributed by atoms with Gasteiger partial charge < -0.3 is 9.53 Å². The zero-order valence-electron chi connectivity index (χ0n) is 9.29. The molecule has 0 spiro atoms. The van der Waals surface area contributed by atoms with Crippen molar-refractivity contribution in [3.8, 4) is 0 Å². The van der Waals surface area contributed by atoms with Crippen LogP contribution in [0.25, 0.3) is 0 Å². The van der Waals surface area contributed by atoms with E-state index >= 15 is 0 Å². The lowest BCUT2D eigenvalue weighted by Crippen LogP contribution is -2.22. The van der Waals surface area contributed by atoms with Gasteiger partial charge in [0.05, 0.1) is 13.0 Å². The van der Waals surface area contributed by atoms with E-state index in [1.807, 2.05) is 6.92 Å². The maximum Gasteiger partial charge on any atom is 0.308 e. The third-order valence-corrected chi connectivity index (χ3v) is 2.61. The van der Waals surface area contributed by atoms with Gasteiger partial charge in [0.15, 0.2) is 0 Å². The molecule has 3 heteroatoms. The Morgan fingerprint density at radius 1 is 1.50 bits per heavy atom. The van der Waals surface area contributed by atoms with E-state index in [4.69, 9.17) is 0 Å².